The van der Waals surface area contributed by atoms with Gasteiger partial charge in [-0.3, -0.25) is 9.78 Å². The molecule has 0 saturated heterocycles. The fraction of sp³-hybridized carbons (Fsp3) is 0.235. The van der Waals surface area contributed by atoms with Gasteiger partial charge in [0.15, 0.2) is 0 Å². The zero-order valence-electron chi connectivity index (χ0n) is 12.6. The monoisotopic (exact) mass is 294 g/mol. The maximum absolute atomic E-state index is 12.3. The van der Waals surface area contributed by atoms with E-state index >= 15 is 0 Å². The number of aromatic nitrogens is 1. The lowest BCUT2D eigenvalue weighted by atomic mass is 10.1. The third kappa shape index (κ3) is 3.83. The Morgan fingerprint density at radius 3 is 2.86 bits per heavy atom. The van der Waals surface area contributed by atoms with Gasteiger partial charge in [-0.1, -0.05) is 19.1 Å². The summed E-state index contributed by atoms with van der Waals surface area (Å²) in [5.41, 5.74) is 2.17. The minimum Gasteiger partial charge on any atom is -0.381 e. The fourth-order valence-corrected chi connectivity index (χ4v) is 1.91. The Bertz CT molecular complexity index is 706. The SMILES string of the molecule is CCC(C)Nc1cncc(C(=O)Nc2ccccc2C#N)c1. The average molecular weight is 294 g/mol. The number of para-hydroxylation sites is 1. The number of nitriles is 1. The topological polar surface area (TPSA) is 77.8 Å². The molecule has 1 unspecified atom stereocenters. The summed E-state index contributed by atoms with van der Waals surface area (Å²) < 4.78 is 0. The summed E-state index contributed by atoms with van der Waals surface area (Å²) in [6.07, 6.45) is 4.17. The third-order valence-electron chi connectivity index (χ3n) is 3.32. The molecule has 2 rings (SSSR count). The van der Waals surface area contributed by atoms with Crippen molar-refractivity contribution in [3.8, 4) is 6.07 Å². The van der Waals surface area contributed by atoms with Crippen LogP contribution in [0.4, 0.5) is 11.4 Å². The number of nitrogens with zero attached hydrogens (tertiary/aromatic N) is 2. The molecule has 112 valence electrons. The fourth-order valence-electron chi connectivity index (χ4n) is 1.91. The molecule has 5 heteroatoms. The van der Waals surface area contributed by atoms with Crippen molar-refractivity contribution >= 4 is 17.3 Å². The molecule has 1 aromatic heterocycles. The third-order valence-corrected chi connectivity index (χ3v) is 3.32. The predicted molar refractivity (Wildman–Crippen MR) is 86.7 cm³/mol. The Hall–Kier alpha value is -2.87. The molecule has 2 N–H and O–H groups in total. The number of hydrogen-bond acceptors (Lipinski definition) is 4. The summed E-state index contributed by atoms with van der Waals surface area (Å²) in [5.74, 6) is -0.289. The van der Waals surface area contributed by atoms with E-state index in [-0.39, 0.29) is 5.91 Å². The summed E-state index contributed by atoms with van der Waals surface area (Å²) in [6.45, 7) is 4.15. The Kier molecular flexibility index (Phi) is 5.10. The van der Waals surface area contributed by atoms with Crippen LogP contribution in [0, 0.1) is 11.3 Å². The number of nitrogens with one attached hydrogen (secondary N) is 2. The summed E-state index contributed by atoms with van der Waals surface area (Å²) in [6, 6.07) is 11.0. The van der Waals surface area contributed by atoms with Gasteiger partial charge in [-0.25, -0.2) is 0 Å². The van der Waals surface area contributed by atoms with Crippen LogP contribution in [0.1, 0.15) is 36.2 Å². The molecule has 1 atom stereocenters. The number of rotatable bonds is 5. The van der Waals surface area contributed by atoms with Crippen molar-refractivity contribution in [1.29, 1.82) is 5.26 Å². The summed E-state index contributed by atoms with van der Waals surface area (Å²) in [7, 11) is 0. The molecular formula is C17H18N4O. The zero-order valence-corrected chi connectivity index (χ0v) is 12.6. The van der Waals surface area contributed by atoms with E-state index in [9.17, 15) is 4.79 Å². The second kappa shape index (κ2) is 7.23. The van der Waals surface area contributed by atoms with Gasteiger partial charge in [0.2, 0.25) is 0 Å². The molecule has 22 heavy (non-hydrogen) atoms. The summed E-state index contributed by atoms with van der Waals surface area (Å²) in [5, 5.41) is 15.1. The van der Waals surface area contributed by atoms with Crippen molar-refractivity contribution in [1.82, 2.24) is 4.98 Å². The van der Waals surface area contributed by atoms with Crippen molar-refractivity contribution in [2.45, 2.75) is 26.3 Å². The van der Waals surface area contributed by atoms with Crippen molar-refractivity contribution in [3.05, 3.63) is 53.9 Å². The highest BCUT2D eigenvalue weighted by Gasteiger charge is 2.10. The van der Waals surface area contributed by atoms with Gasteiger partial charge in [0.25, 0.3) is 5.91 Å². The molecule has 1 amide bonds. The molecule has 0 spiro atoms. The summed E-state index contributed by atoms with van der Waals surface area (Å²) >= 11 is 0. The van der Waals surface area contributed by atoms with E-state index in [0.29, 0.717) is 22.9 Å². The highest BCUT2D eigenvalue weighted by Crippen LogP contribution is 2.16. The zero-order chi connectivity index (χ0) is 15.9. The number of pyridine rings is 1. The van der Waals surface area contributed by atoms with E-state index in [4.69, 9.17) is 5.26 Å². The van der Waals surface area contributed by atoms with Crippen LogP contribution < -0.4 is 10.6 Å². The smallest absolute Gasteiger partial charge is 0.257 e. The van der Waals surface area contributed by atoms with Gasteiger partial charge in [0.05, 0.1) is 22.5 Å². The molecule has 0 bridgehead atoms. The maximum Gasteiger partial charge on any atom is 0.257 e. The molecule has 0 aliphatic carbocycles. The Labute approximate surface area is 130 Å². The second-order valence-electron chi connectivity index (χ2n) is 5.03. The van der Waals surface area contributed by atoms with E-state index in [2.05, 4.69) is 35.5 Å². The Balaban J connectivity index is 2.16. The lowest BCUT2D eigenvalue weighted by Crippen LogP contribution is -2.16. The molecule has 2 aromatic rings. The van der Waals surface area contributed by atoms with Crippen LogP contribution in [0.25, 0.3) is 0 Å². The van der Waals surface area contributed by atoms with Crippen LogP contribution in [0.5, 0.6) is 0 Å². The van der Waals surface area contributed by atoms with Crippen LogP contribution in [0.15, 0.2) is 42.7 Å². The molecule has 0 radical (unpaired) electrons. The normalized spacial score (nSPS) is 11.3. The Morgan fingerprint density at radius 1 is 1.36 bits per heavy atom. The minimum atomic E-state index is -0.289. The molecule has 1 heterocycles. The Morgan fingerprint density at radius 2 is 2.14 bits per heavy atom. The van der Waals surface area contributed by atoms with Crippen LogP contribution >= 0.6 is 0 Å². The van der Waals surface area contributed by atoms with E-state index < -0.39 is 0 Å². The molecule has 0 fully saturated rings. The molecule has 0 saturated carbocycles. The highest BCUT2D eigenvalue weighted by molar-refractivity contribution is 6.05. The van der Waals surface area contributed by atoms with Crippen LogP contribution in [0.3, 0.4) is 0 Å². The van der Waals surface area contributed by atoms with Gasteiger partial charge in [-0.05, 0) is 31.5 Å². The number of carbonyl (C=O) groups is 1. The first-order chi connectivity index (χ1) is 10.6. The van der Waals surface area contributed by atoms with Crippen molar-refractivity contribution in [2.75, 3.05) is 10.6 Å². The number of anilines is 2. The maximum atomic E-state index is 12.3. The summed E-state index contributed by atoms with van der Waals surface area (Å²) in [4.78, 5) is 16.4. The molecule has 0 aliphatic rings. The molecule has 1 aromatic carbocycles. The van der Waals surface area contributed by atoms with Gasteiger partial charge in [0.1, 0.15) is 6.07 Å². The largest absolute Gasteiger partial charge is 0.381 e. The average Bonchev–Trinajstić information content (AvgIpc) is 2.55. The lowest BCUT2D eigenvalue weighted by molar-refractivity contribution is 0.102. The van der Waals surface area contributed by atoms with E-state index in [1.54, 1.807) is 36.5 Å². The number of carbonyl (C=O) groups excluding carboxylic acids is 1. The van der Waals surface area contributed by atoms with Gasteiger partial charge < -0.3 is 10.6 Å². The van der Waals surface area contributed by atoms with Crippen LogP contribution in [-0.2, 0) is 0 Å². The van der Waals surface area contributed by atoms with E-state index in [1.165, 1.54) is 6.20 Å². The number of amides is 1. The first-order valence-corrected chi connectivity index (χ1v) is 7.16. The van der Waals surface area contributed by atoms with Crippen LogP contribution in [0.2, 0.25) is 0 Å². The minimum absolute atomic E-state index is 0.289. The lowest BCUT2D eigenvalue weighted by Gasteiger charge is -2.13. The standard InChI is InChI=1S/C17H18N4O/c1-3-12(2)20-15-8-14(10-19-11-15)17(22)21-16-7-5-4-6-13(16)9-18/h4-8,10-12,20H,3H2,1-2H3,(H,21,22). The van der Waals surface area contributed by atoms with E-state index in [0.717, 1.165) is 12.1 Å². The molecular weight excluding hydrogens is 276 g/mol. The molecule has 0 aliphatic heterocycles. The van der Waals surface area contributed by atoms with Gasteiger partial charge in [-0.15, -0.1) is 0 Å². The van der Waals surface area contributed by atoms with Gasteiger partial charge in [-0.2, -0.15) is 5.26 Å². The van der Waals surface area contributed by atoms with Gasteiger partial charge >= 0.3 is 0 Å². The number of benzene rings is 1. The highest BCUT2D eigenvalue weighted by atomic mass is 16.1. The quantitative estimate of drug-likeness (QED) is 0.885. The molecule has 5 nitrogen and oxygen atoms in total. The van der Waals surface area contributed by atoms with Crippen molar-refractivity contribution in [2.24, 2.45) is 0 Å². The van der Waals surface area contributed by atoms with Gasteiger partial charge in [0, 0.05) is 18.4 Å². The van der Waals surface area contributed by atoms with E-state index in [1.807, 2.05) is 0 Å². The first-order valence-electron chi connectivity index (χ1n) is 7.16. The first kappa shape index (κ1) is 15.5. The second-order valence-corrected chi connectivity index (χ2v) is 5.03. The number of hydrogen-bond donors (Lipinski definition) is 2. The van der Waals surface area contributed by atoms with Crippen molar-refractivity contribution < 1.29 is 4.79 Å². The van der Waals surface area contributed by atoms with Crippen molar-refractivity contribution in [3.63, 3.8) is 0 Å². The van der Waals surface area contributed by atoms with Crippen LogP contribution in [-0.4, -0.2) is 16.9 Å². The predicted octanol–water partition coefficient (Wildman–Crippen LogP) is 3.42.